The molecule has 0 aliphatic carbocycles. The molecular weight excluding hydrogens is 462 g/mol. The molecule has 33 heavy (non-hydrogen) atoms. The maximum absolute atomic E-state index is 10.3. The first kappa shape index (κ1) is 28.2. The second-order valence-electron chi connectivity index (χ2n) is 7.41. The van der Waals surface area contributed by atoms with Crippen molar-refractivity contribution in [1.82, 2.24) is 9.88 Å². The molecule has 0 spiro atoms. The highest BCUT2D eigenvalue weighted by molar-refractivity contribution is 6.69. The van der Waals surface area contributed by atoms with Crippen molar-refractivity contribution in [2.24, 2.45) is 5.16 Å². The van der Waals surface area contributed by atoms with Gasteiger partial charge in [0.1, 0.15) is 12.7 Å². The molecule has 0 saturated carbocycles. The number of β-amino-alcohol motifs (C(OH)–C–C–N with tert-alkyl or cyclic N) is 1. The van der Waals surface area contributed by atoms with Crippen molar-refractivity contribution >= 4 is 34.7 Å². The van der Waals surface area contributed by atoms with Gasteiger partial charge in [0, 0.05) is 24.5 Å². The molecule has 2 rings (SSSR count). The largest absolute Gasteiger partial charge is 0.481 e. The summed E-state index contributed by atoms with van der Waals surface area (Å²) < 4.78 is 0. The van der Waals surface area contributed by atoms with Crippen molar-refractivity contribution in [3.8, 4) is 0 Å². The van der Waals surface area contributed by atoms with Crippen molar-refractivity contribution in [1.29, 1.82) is 0 Å². The van der Waals surface area contributed by atoms with Crippen LogP contribution in [0.3, 0.4) is 0 Å². The molecule has 0 amide bonds. The summed E-state index contributed by atoms with van der Waals surface area (Å²) in [6.07, 6.45) is 4.14. The fraction of sp³-hybridized carbons (Fsp3) is 0.550. The lowest BCUT2D eigenvalue weighted by Crippen LogP contribution is -2.42. The molecule has 1 fully saturated rings. The monoisotopic (exact) mass is 489 g/mol. The first-order chi connectivity index (χ1) is 15.5. The highest BCUT2D eigenvalue weighted by Gasteiger charge is 2.40. The Kier molecular flexibility index (Phi) is 12.3. The number of rotatable bonds is 11. The molecule has 1 atom stereocenters. The number of hydrogen-bond acceptors (Lipinski definition) is 9. The van der Waals surface area contributed by atoms with Crippen LogP contribution >= 0.6 is 11.6 Å². The predicted octanol–water partition coefficient (Wildman–Crippen LogP) is 0.597. The van der Waals surface area contributed by atoms with Gasteiger partial charge in [-0.3, -0.25) is 14.6 Å². The van der Waals surface area contributed by atoms with E-state index in [4.69, 9.17) is 36.9 Å². The van der Waals surface area contributed by atoms with E-state index in [1.165, 1.54) is 19.3 Å². The van der Waals surface area contributed by atoms with Crippen LogP contribution in [0, 0.1) is 0 Å². The topological polar surface area (TPSA) is 190 Å². The minimum Gasteiger partial charge on any atom is -0.481 e. The maximum Gasteiger partial charge on any atom is 0.336 e. The summed E-state index contributed by atoms with van der Waals surface area (Å²) in [5.74, 6) is -5.02. The third kappa shape index (κ3) is 11.6. The molecule has 1 unspecified atom stereocenters. The number of carboxylic acid groups (broad SMARTS) is 3. The van der Waals surface area contributed by atoms with Crippen LogP contribution < -0.4 is 0 Å². The molecule has 1 saturated heterocycles. The molecule has 0 aromatic carbocycles. The van der Waals surface area contributed by atoms with E-state index in [1.807, 2.05) is 0 Å². The van der Waals surface area contributed by atoms with Gasteiger partial charge in [0.2, 0.25) is 0 Å². The van der Waals surface area contributed by atoms with Crippen LogP contribution in [-0.4, -0.2) is 96.4 Å². The number of aromatic nitrogens is 1. The second kappa shape index (κ2) is 14.4. The van der Waals surface area contributed by atoms with Crippen LogP contribution in [0.15, 0.2) is 29.7 Å². The van der Waals surface area contributed by atoms with Gasteiger partial charge in [0.25, 0.3) is 0 Å². The van der Waals surface area contributed by atoms with E-state index in [1.54, 1.807) is 24.5 Å². The smallest absolute Gasteiger partial charge is 0.336 e. The van der Waals surface area contributed by atoms with Crippen LogP contribution in [0.25, 0.3) is 0 Å². The van der Waals surface area contributed by atoms with E-state index in [2.05, 4.69) is 15.0 Å². The molecule has 1 aliphatic heterocycles. The minimum absolute atomic E-state index is 0.146. The number of carboxylic acids is 3. The summed E-state index contributed by atoms with van der Waals surface area (Å²) in [6, 6.07) is 3.57. The van der Waals surface area contributed by atoms with E-state index in [0.29, 0.717) is 12.1 Å². The molecule has 1 aromatic heterocycles. The van der Waals surface area contributed by atoms with Gasteiger partial charge < -0.3 is 35.3 Å². The number of nitrogens with zero attached hydrogens (tertiary/aromatic N) is 3. The average molecular weight is 490 g/mol. The highest BCUT2D eigenvalue weighted by Crippen LogP contribution is 2.15. The van der Waals surface area contributed by atoms with Gasteiger partial charge in [0.15, 0.2) is 10.8 Å². The molecule has 13 heteroatoms. The Bertz CT molecular complexity index is 785. The molecule has 0 bridgehead atoms. The number of halogens is 1. The van der Waals surface area contributed by atoms with E-state index >= 15 is 0 Å². The fourth-order valence-corrected chi connectivity index (χ4v) is 3.08. The molecule has 2 heterocycles. The van der Waals surface area contributed by atoms with Crippen molar-refractivity contribution in [2.75, 3.05) is 26.2 Å². The third-order valence-electron chi connectivity index (χ3n) is 4.51. The number of aliphatic hydroxyl groups is 2. The van der Waals surface area contributed by atoms with Crippen LogP contribution in [0.4, 0.5) is 0 Å². The summed E-state index contributed by atoms with van der Waals surface area (Å²) >= 11 is 5.97. The summed E-state index contributed by atoms with van der Waals surface area (Å²) in [5, 5.41) is 47.7. The molecule has 1 aromatic rings. The minimum atomic E-state index is -2.74. The summed E-state index contributed by atoms with van der Waals surface area (Å²) in [7, 11) is 0. The maximum atomic E-state index is 10.3. The Labute approximate surface area is 195 Å². The van der Waals surface area contributed by atoms with E-state index < -0.39 is 42.5 Å². The number of aliphatic carboxylic acids is 3. The Balaban J connectivity index is 0.000000366. The first-order valence-corrected chi connectivity index (χ1v) is 10.5. The van der Waals surface area contributed by atoms with Gasteiger partial charge >= 0.3 is 17.9 Å². The van der Waals surface area contributed by atoms with Gasteiger partial charge in [-0.15, -0.1) is 0 Å². The fourth-order valence-electron chi connectivity index (χ4n) is 2.92. The number of likely N-dealkylation sites (tertiary alicyclic amines) is 1. The lowest BCUT2D eigenvalue weighted by molar-refractivity contribution is -0.170. The average Bonchev–Trinajstić information content (AvgIpc) is 2.74. The highest BCUT2D eigenvalue weighted by atomic mass is 35.5. The van der Waals surface area contributed by atoms with E-state index in [-0.39, 0.29) is 11.8 Å². The van der Waals surface area contributed by atoms with Gasteiger partial charge in [-0.1, -0.05) is 23.2 Å². The predicted molar refractivity (Wildman–Crippen MR) is 116 cm³/mol. The molecule has 5 N–H and O–H groups in total. The van der Waals surface area contributed by atoms with Crippen LogP contribution in [0.1, 0.15) is 37.7 Å². The zero-order valence-corrected chi connectivity index (χ0v) is 18.6. The van der Waals surface area contributed by atoms with Crippen LogP contribution in [0.2, 0.25) is 0 Å². The van der Waals surface area contributed by atoms with Crippen molar-refractivity contribution in [3.63, 3.8) is 0 Å². The van der Waals surface area contributed by atoms with E-state index in [9.17, 15) is 19.5 Å². The second-order valence-corrected chi connectivity index (χ2v) is 7.77. The number of pyridine rings is 1. The molecule has 184 valence electrons. The molecular formula is C20H28ClN3O9. The summed E-state index contributed by atoms with van der Waals surface area (Å²) in [4.78, 5) is 41.8. The quantitative estimate of drug-likeness (QED) is 0.216. The summed E-state index contributed by atoms with van der Waals surface area (Å²) in [5.41, 5.74) is -2.04. The molecule has 1 aliphatic rings. The van der Waals surface area contributed by atoms with E-state index in [0.717, 1.165) is 13.1 Å². The number of hydrogen-bond donors (Lipinski definition) is 5. The Morgan fingerprint density at radius 2 is 1.76 bits per heavy atom. The first-order valence-electron chi connectivity index (χ1n) is 10.1. The number of piperidine rings is 1. The van der Waals surface area contributed by atoms with Crippen molar-refractivity contribution in [3.05, 3.63) is 30.1 Å². The van der Waals surface area contributed by atoms with Crippen LogP contribution in [0.5, 0.6) is 0 Å². The normalized spacial score (nSPS) is 15.7. The number of aliphatic hydroxyl groups excluding tert-OH is 1. The SMILES string of the molecule is O=C(O)CC(O)(CC(=O)O)C(=O)O.OC(CON=C(Cl)c1cccnc1)CN1CCCCC1. The van der Waals surface area contributed by atoms with Crippen LogP contribution in [-0.2, 0) is 19.2 Å². The number of carbonyl (C=O) groups is 3. The zero-order valence-electron chi connectivity index (χ0n) is 17.8. The zero-order chi connectivity index (χ0) is 24.9. The van der Waals surface area contributed by atoms with Crippen molar-refractivity contribution < 1.29 is 44.8 Å². The van der Waals surface area contributed by atoms with Crippen molar-refractivity contribution in [2.45, 2.75) is 43.8 Å². The lowest BCUT2D eigenvalue weighted by Gasteiger charge is -2.27. The molecule has 12 nitrogen and oxygen atoms in total. The van der Waals surface area contributed by atoms with Gasteiger partial charge in [0.05, 0.1) is 12.8 Å². The third-order valence-corrected chi connectivity index (χ3v) is 4.80. The Hall–Kier alpha value is -2.80. The summed E-state index contributed by atoms with van der Waals surface area (Å²) in [6.45, 7) is 2.88. The van der Waals surface area contributed by atoms with Gasteiger partial charge in [-0.25, -0.2) is 4.79 Å². The lowest BCUT2D eigenvalue weighted by atomic mass is 9.96. The Morgan fingerprint density at radius 1 is 1.15 bits per heavy atom. The standard InChI is InChI=1S/C14H20ClN3O2.C6H8O7/c15-14(12-5-4-6-16-9-12)17-20-11-13(19)10-18-7-2-1-3-8-18;7-3(8)1-6(13,5(11)12)2-4(9)10/h4-6,9,13,19H,1-3,7-8,10-11H2;13H,1-2H2,(H,7,8)(H,9,10)(H,11,12). The Morgan fingerprint density at radius 3 is 2.24 bits per heavy atom. The molecule has 0 radical (unpaired) electrons. The number of oxime groups is 1. The van der Waals surface area contributed by atoms with Gasteiger partial charge in [-0.05, 0) is 38.1 Å². The van der Waals surface area contributed by atoms with Gasteiger partial charge in [-0.2, -0.15) is 0 Å².